The summed E-state index contributed by atoms with van der Waals surface area (Å²) in [5.74, 6) is -1.55. The minimum atomic E-state index is -2.10. The standard InChI is InChI=1S/C23H35NO5SSi/c1-9-17(25)19(22(27)28-6)24-20(26)18(15(2)29-31(7,8)23(3,4)5)21(24)30-16-13-11-10-12-14-16/h10-15,18,21,25H,9H2,1-8H3/t15-,18+,21-/m1/s1. The molecule has 0 spiro atoms. The number of allylic oxidation sites excluding steroid dienone is 1. The van der Waals surface area contributed by atoms with E-state index in [-0.39, 0.29) is 34.9 Å². The van der Waals surface area contributed by atoms with Crippen LogP contribution in [0.25, 0.3) is 0 Å². The third-order valence-electron chi connectivity index (χ3n) is 6.10. The Labute approximate surface area is 191 Å². The summed E-state index contributed by atoms with van der Waals surface area (Å²) in [6.45, 7) is 14.5. The molecular formula is C23H35NO5SSi. The second-order valence-corrected chi connectivity index (χ2v) is 15.2. The molecule has 2 rings (SSSR count). The minimum absolute atomic E-state index is 0.00731. The molecule has 1 aliphatic heterocycles. The molecule has 1 aliphatic rings. The van der Waals surface area contributed by atoms with Crippen molar-refractivity contribution >= 4 is 32.0 Å². The molecule has 1 heterocycles. The highest BCUT2D eigenvalue weighted by molar-refractivity contribution is 8.00. The summed E-state index contributed by atoms with van der Waals surface area (Å²) in [5.41, 5.74) is -0.0841. The lowest BCUT2D eigenvalue weighted by Gasteiger charge is -2.50. The predicted octanol–water partition coefficient (Wildman–Crippen LogP) is 5.33. The number of hydrogen-bond donors (Lipinski definition) is 1. The fourth-order valence-corrected chi connectivity index (χ4v) is 6.08. The van der Waals surface area contributed by atoms with E-state index in [2.05, 4.69) is 33.9 Å². The lowest BCUT2D eigenvalue weighted by atomic mass is 9.91. The summed E-state index contributed by atoms with van der Waals surface area (Å²) < 4.78 is 11.4. The van der Waals surface area contributed by atoms with Gasteiger partial charge in [0.1, 0.15) is 11.1 Å². The lowest BCUT2D eigenvalue weighted by molar-refractivity contribution is -0.158. The van der Waals surface area contributed by atoms with Gasteiger partial charge in [0.2, 0.25) is 5.91 Å². The zero-order chi connectivity index (χ0) is 23.6. The van der Waals surface area contributed by atoms with Crippen molar-refractivity contribution in [3.63, 3.8) is 0 Å². The van der Waals surface area contributed by atoms with Crippen LogP contribution in [-0.2, 0) is 18.8 Å². The summed E-state index contributed by atoms with van der Waals surface area (Å²) in [5, 5.41) is 10.0. The number of amides is 1. The number of hydrogen-bond acceptors (Lipinski definition) is 6. The van der Waals surface area contributed by atoms with Gasteiger partial charge in [-0.05, 0) is 37.2 Å². The highest BCUT2D eigenvalue weighted by atomic mass is 32.2. The van der Waals surface area contributed by atoms with Gasteiger partial charge in [-0.25, -0.2) is 4.79 Å². The molecule has 0 unspecified atom stereocenters. The number of nitrogens with zero attached hydrogens (tertiary/aromatic N) is 1. The maximum absolute atomic E-state index is 13.3. The zero-order valence-corrected chi connectivity index (χ0v) is 21.6. The van der Waals surface area contributed by atoms with Gasteiger partial charge in [0, 0.05) is 11.3 Å². The summed E-state index contributed by atoms with van der Waals surface area (Å²) in [6, 6.07) is 9.71. The first kappa shape index (κ1) is 25.5. The molecule has 172 valence electrons. The molecule has 0 bridgehead atoms. The zero-order valence-electron chi connectivity index (χ0n) is 19.8. The number of β-lactam (4-membered cyclic amide) rings is 1. The van der Waals surface area contributed by atoms with Crippen LogP contribution >= 0.6 is 11.8 Å². The highest BCUT2D eigenvalue weighted by Gasteiger charge is 2.55. The van der Waals surface area contributed by atoms with Crippen molar-refractivity contribution in [1.29, 1.82) is 0 Å². The number of aliphatic hydroxyl groups is 1. The Hall–Kier alpha value is -1.77. The molecule has 1 aromatic rings. The number of carbonyl (C=O) groups is 2. The molecule has 0 aromatic heterocycles. The molecule has 1 amide bonds. The lowest BCUT2D eigenvalue weighted by Crippen LogP contribution is -2.64. The third-order valence-corrected chi connectivity index (χ3v) is 12.0. The Morgan fingerprint density at radius 1 is 1.26 bits per heavy atom. The topological polar surface area (TPSA) is 76.1 Å². The summed E-state index contributed by atoms with van der Waals surface area (Å²) in [6.07, 6.45) is -0.106. The Morgan fingerprint density at radius 2 is 1.84 bits per heavy atom. The largest absolute Gasteiger partial charge is 0.510 e. The number of ether oxygens (including phenoxy) is 1. The van der Waals surface area contributed by atoms with Crippen LogP contribution in [-0.4, -0.2) is 48.8 Å². The maximum Gasteiger partial charge on any atom is 0.358 e. The number of thioether (sulfide) groups is 1. The van der Waals surface area contributed by atoms with Crippen LogP contribution in [0.2, 0.25) is 18.1 Å². The molecule has 8 heteroatoms. The Bertz CT molecular complexity index is 834. The van der Waals surface area contributed by atoms with Crippen LogP contribution in [0.4, 0.5) is 0 Å². The van der Waals surface area contributed by atoms with E-state index in [1.807, 2.05) is 37.3 Å². The second-order valence-electron chi connectivity index (χ2n) is 9.28. The van der Waals surface area contributed by atoms with E-state index in [1.165, 1.54) is 23.8 Å². The van der Waals surface area contributed by atoms with Gasteiger partial charge in [-0.3, -0.25) is 9.69 Å². The molecule has 0 saturated carbocycles. The van der Waals surface area contributed by atoms with E-state index in [1.54, 1.807) is 6.92 Å². The van der Waals surface area contributed by atoms with Crippen molar-refractivity contribution in [2.45, 2.75) is 75.5 Å². The molecule has 1 saturated heterocycles. The normalized spacial score (nSPS) is 21.3. The Balaban J connectivity index is 2.42. The second kappa shape index (κ2) is 9.79. The molecule has 1 N–H and O–H groups in total. The van der Waals surface area contributed by atoms with Crippen LogP contribution in [0, 0.1) is 5.92 Å². The average Bonchev–Trinajstić information content (AvgIpc) is 2.69. The summed E-state index contributed by atoms with van der Waals surface area (Å²) in [7, 11) is -0.858. The van der Waals surface area contributed by atoms with Crippen LogP contribution in [0.3, 0.4) is 0 Å². The molecular weight excluding hydrogens is 430 g/mol. The quantitative estimate of drug-likeness (QED) is 0.184. The minimum Gasteiger partial charge on any atom is -0.510 e. The fourth-order valence-electron chi connectivity index (χ4n) is 3.26. The predicted molar refractivity (Wildman–Crippen MR) is 126 cm³/mol. The maximum atomic E-state index is 13.3. The molecule has 31 heavy (non-hydrogen) atoms. The van der Waals surface area contributed by atoms with E-state index in [4.69, 9.17) is 9.16 Å². The van der Waals surface area contributed by atoms with Crippen LogP contribution < -0.4 is 0 Å². The van der Waals surface area contributed by atoms with Crippen molar-refractivity contribution in [2.24, 2.45) is 5.92 Å². The molecule has 1 fully saturated rings. The van der Waals surface area contributed by atoms with E-state index >= 15 is 0 Å². The number of esters is 1. The fraction of sp³-hybridized carbons (Fsp3) is 0.565. The van der Waals surface area contributed by atoms with Crippen molar-refractivity contribution in [1.82, 2.24) is 4.90 Å². The van der Waals surface area contributed by atoms with Crippen LogP contribution in [0.15, 0.2) is 46.7 Å². The average molecular weight is 466 g/mol. The van der Waals surface area contributed by atoms with Gasteiger partial charge in [-0.15, -0.1) is 0 Å². The highest BCUT2D eigenvalue weighted by Crippen LogP contribution is 2.46. The van der Waals surface area contributed by atoms with Crippen LogP contribution in [0.1, 0.15) is 41.0 Å². The van der Waals surface area contributed by atoms with E-state index in [0.29, 0.717) is 0 Å². The monoisotopic (exact) mass is 465 g/mol. The number of benzene rings is 1. The van der Waals surface area contributed by atoms with Gasteiger partial charge in [0.25, 0.3) is 0 Å². The molecule has 1 aromatic carbocycles. The third kappa shape index (κ3) is 5.35. The van der Waals surface area contributed by atoms with Gasteiger partial charge in [-0.1, -0.05) is 57.7 Å². The molecule has 0 aliphatic carbocycles. The number of aliphatic hydroxyl groups excluding tert-OH is 1. The van der Waals surface area contributed by atoms with Gasteiger partial charge in [-0.2, -0.15) is 0 Å². The Morgan fingerprint density at radius 3 is 2.32 bits per heavy atom. The first-order valence-electron chi connectivity index (χ1n) is 10.6. The number of rotatable bonds is 8. The van der Waals surface area contributed by atoms with E-state index in [0.717, 1.165) is 4.90 Å². The number of methoxy groups -OCH3 is 1. The first-order chi connectivity index (χ1) is 14.4. The molecule has 6 nitrogen and oxygen atoms in total. The van der Waals surface area contributed by atoms with Gasteiger partial charge in [0.05, 0.1) is 19.1 Å². The van der Waals surface area contributed by atoms with Gasteiger partial charge in [0.15, 0.2) is 14.0 Å². The molecule has 0 radical (unpaired) electrons. The molecule has 3 atom stereocenters. The Kier molecular flexibility index (Phi) is 8.05. The van der Waals surface area contributed by atoms with Gasteiger partial charge >= 0.3 is 5.97 Å². The van der Waals surface area contributed by atoms with E-state index < -0.39 is 25.6 Å². The summed E-state index contributed by atoms with van der Waals surface area (Å²) in [4.78, 5) is 28.1. The number of carbonyl (C=O) groups excluding carboxylic acids is 2. The van der Waals surface area contributed by atoms with Crippen molar-refractivity contribution in [2.75, 3.05) is 7.11 Å². The smallest absolute Gasteiger partial charge is 0.358 e. The van der Waals surface area contributed by atoms with Gasteiger partial charge < -0.3 is 14.3 Å². The first-order valence-corrected chi connectivity index (χ1v) is 14.4. The number of likely N-dealkylation sites (tertiary alicyclic amines) is 1. The van der Waals surface area contributed by atoms with Crippen molar-refractivity contribution in [3.8, 4) is 0 Å². The van der Waals surface area contributed by atoms with Crippen LogP contribution in [0.5, 0.6) is 0 Å². The summed E-state index contributed by atoms with van der Waals surface area (Å²) >= 11 is 1.48. The van der Waals surface area contributed by atoms with E-state index in [9.17, 15) is 14.7 Å². The van der Waals surface area contributed by atoms with Crippen molar-refractivity contribution in [3.05, 3.63) is 41.8 Å². The van der Waals surface area contributed by atoms with Crippen molar-refractivity contribution < 1.29 is 23.9 Å². The SMILES string of the molecule is CCC(O)=C(C(=O)OC)N1C(=O)[C@H]([C@@H](C)O[Si](C)(C)C(C)(C)C)[C@H]1Sc1ccccc1.